The largest absolute Gasteiger partial charge is 0.475 e. The van der Waals surface area contributed by atoms with Gasteiger partial charge in [0.15, 0.2) is 6.20 Å². The van der Waals surface area contributed by atoms with E-state index in [1.165, 1.54) is 6.20 Å². The molecular weight excluding hydrogens is 210 g/mol. The van der Waals surface area contributed by atoms with Gasteiger partial charge in [-0.1, -0.05) is 0 Å². The summed E-state index contributed by atoms with van der Waals surface area (Å²) in [5, 5.41) is 11.7. The molecule has 3 heterocycles. The number of rotatable bonds is 2. The Balaban J connectivity index is 2.15. The fraction of sp³-hybridized carbons (Fsp3) is 0. The second kappa shape index (κ2) is 2.96. The number of hydrogen-bond acceptors (Lipinski definition) is 2. The fourth-order valence-electron chi connectivity index (χ4n) is 1.62. The zero-order valence-electron chi connectivity index (χ0n) is 8.06. The molecule has 0 unspecified atom stereocenters. The van der Waals surface area contributed by atoms with Crippen molar-refractivity contribution in [2.45, 2.75) is 0 Å². The number of imidazole rings is 2. The van der Waals surface area contributed by atoms with Gasteiger partial charge in [0.05, 0.1) is 18.1 Å². The fourth-order valence-corrected chi connectivity index (χ4v) is 1.62. The third kappa shape index (κ3) is 1.11. The van der Waals surface area contributed by atoms with E-state index in [1.807, 2.05) is 6.20 Å². The molecule has 3 aromatic heterocycles. The molecule has 80 valence electrons. The highest BCUT2D eigenvalue weighted by molar-refractivity contribution is 5.84. The lowest BCUT2D eigenvalue weighted by atomic mass is 10.3. The predicted molar refractivity (Wildman–Crippen MR) is 52.8 cm³/mol. The van der Waals surface area contributed by atoms with Crippen LogP contribution in [0.5, 0.6) is 0 Å². The molecule has 0 bridgehead atoms. The maximum atomic E-state index is 10.7. The van der Waals surface area contributed by atoms with E-state index in [4.69, 9.17) is 5.11 Å². The van der Waals surface area contributed by atoms with Crippen LogP contribution in [0.2, 0.25) is 0 Å². The summed E-state index contributed by atoms with van der Waals surface area (Å²) < 4.78 is 1.79. The molecule has 3 aromatic rings. The number of H-pyrrole nitrogens is 3. The van der Waals surface area contributed by atoms with Gasteiger partial charge >= 0.3 is 11.6 Å². The average molecular weight is 218 g/mol. The quantitative estimate of drug-likeness (QED) is 0.461. The average Bonchev–Trinajstić information content (AvgIpc) is 2.92. The van der Waals surface area contributed by atoms with E-state index < -0.39 is 5.97 Å². The number of nitrogens with one attached hydrogen (secondary N) is 3. The number of aromatic nitrogens is 5. The smallest absolute Gasteiger partial charge is 0.371 e. The van der Waals surface area contributed by atoms with Crippen LogP contribution in [0.3, 0.4) is 0 Å². The van der Waals surface area contributed by atoms with Crippen molar-refractivity contribution >= 4 is 11.6 Å². The number of nitrogens with zero attached hydrogens (tertiary/aromatic N) is 2. The Labute approximate surface area is 88.8 Å². The number of carboxylic acid groups (broad SMARTS) is 1. The van der Waals surface area contributed by atoms with E-state index in [-0.39, 0.29) is 5.82 Å². The standard InChI is InChI=1S/C9H7N5O2/c15-9(16)7-11-4-6(13-7)5-3-12-14-2-1-10-8(5)14/h1-4H,(H3,10,11,12,13,15,16)/p+1. The van der Waals surface area contributed by atoms with Gasteiger partial charge in [0.1, 0.15) is 11.8 Å². The maximum Gasteiger partial charge on any atom is 0.371 e. The highest BCUT2D eigenvalue weighted by Gasteiger charge is 2.16. The van der Waals surface area contributed by atoms with Gasteiger partial charge in [0, 0.05) is 0 Å². The first-order chi connectivity index (χ1) is 7.75. The van der Waals surface area contributed by atoms with Gasteiger partial charge in [-0.05, 0) is 0 Å². The molecule has 0 saturated carbocycles. The van der Waals surface area contributed by atoms with Crippen LogP contribution < -0.4 is 4.52 Å². The molecule has 0 atom stereocenters. The lowest BCUT2D eigenvalue weighted by molar-refractivity contribution is -0.574. The van der Waals surface area contributed by atoms with Crippen molar-refractivity contribution in [1.82, 2.24) is 20.1 Å². The van der Waals surface area contributed by atoms with Crippen molar-refractivity contribution in [3.05, 3.63) is 30.6 Å². The monoisotopic (exact) mass is 218 g/mol. The Morgan fingerprint density at radius 2 is 2.38 bits per heavy atom. The zero-order valence-corrected chi connectivity index (χ0v) is 8.06. The zero-order chi connectivity index (χ0) is 11.1. The summed E-state index contributed by atoms with van der Waals surface area (Å²) in [5.41, 5.74) is 2.34. The molecule has 0 aliphatic carbocycles. The normalized spacial score (nSPS) is 11.0. The van der Waals surface area contributed by atoms with Crippen LogP contribution in [0.15, 0.2) is 24.8 Å². The molecule has 0 saturated heterocycles. The van der Waals surface area contributed by atoms with Crippen LogP contribution in [0, 0.1) is 0 Å². The minimum absolute atomic E-state index is 0.0686. The van der Waals surface area contributed by atoms with Gasteiger partial charge in [0.25, 0.3) is 0 Å². The van der Waals surface area contributed by atoms with Gasteiger partial charge < -0.3 is 10.1 Å². The summed E-state index contributed by atoms with van der Waals surface area (Å²) in [6.45, 7) is 0. The van der Waals surface area contributed by atoms with Crippen molar-refractivity contribution in [3.8, 4) is 11.3 Å². The van der Waals surface area contributed by atoms with Gasteiger partial charge in [-0.25, -0.2) is 19.9 Å². The number of fused-ring (bicyclic) bond motifs is 1. The SMILES string of the molecule is O=C(O)c1ncc(-c2c[nH][n+]3cc[nH]c23)[nH]1. The number of aromatic carboxylic acids is 1. The van der Waals surface area contributed by atoms with Crippen LogP contribution in [-0.2, 0) is 0 Å². The third-order valence-corrected chi connectivity index (χ3v) is 2.36. The van der Waals surface area contributed by atoms with Gasteiger partial charge in [0.2, 0.25) is 5.82 Å². The minimum atomic E-state index is -1.07. The lowest BCUT2D eigenvalue weighted by Crippen LogP contribution is -2.18. The first kappa shape index (κ1) is 8.72. The first-order valence-electron chi connectivity index (χ1n) is 4.60. The van der Waals surface area contributed by atoms with Crippen molar-refractivity contribution in [2.24, 2.45) is 0 Å². The number of carbonyl (C=O) groups is 1. The Bertz CT molecular complexity index is 662. The molecule has 0 spiro atoms. The predicted octanol–water partition coefficient (Wildman–Crippen LogP) is 0.170. The highest BCUT2D eigenvalue weighted by atomic mass is 16.4. The van der Waals surface area contributed by atoms with Crippen LogP contribution in [0.25, 0.3) is 16.9 Å². The van der Waals surface area contributed by atoms with Gasteiger partial charge in [-0.15, -0.1) is 4.52 Å². The van der Waals surface area contributed by atoms with Crippen molar-refractivity contribution < 1.29 is 14.4 Å². The number of hydrogen-bond donors (Lipinski definition) is 4. The topological polar surface area (TPSA) is 102 Å². The number of aromatic amines is 3. The second-order valence-corrected chi connectivity index (χ2v) is 3.32. The van der Waals surface area contributed by atoms with Crippen molar-refractivity contribution in [2.75, 3.05) is 0 Å². The van der Waals surface area contributed by atoms with E-state index in [2.05, 4.69) is 20.1 Å². The summed E-state index contributed by atoms with van der Waals surface area (Å²) in [6.07, 6.45) is 6.87. The highest BCUT2D eigenvalue weighted by Crippen LogP contribution is 2.18. The molecule has 0 radical (unpaired) electrons. The summed E-state index contributed by atoms with van der Waals surface area (Å²) >= 11 is 0. The van der Waals surface area contributed by atoms with E-state index in [1.54, 1.807) is 16.9 Å². The third-order valence-electron chi connectivity index (χ3n) is 2.36. The Morgan fingerprint density at radius 1 is 1.50 bits per heavy atom. The summed E-state index contributed by atoms with van der Waals surface area (Å²) in [6, 6.07) is 0. The minimum Gasteiger partial charge on any atom is -0.475 e. The summed E-state index contributed by atoms with van der Waals surface area (Å²) in [4.78, 5) is 20.2. The molecule has 0 aliphatic rings. The Kier molecular flexibility index (Phi) is 1.61. The van der Waals surface area contributed by atoms with Crippen LogP contribution in [-0.4, -0.2) is 31.1 Å². The van der Waals surface area contributed by atoms with Crippen LogP contribution in [0.1, 0.15) is 10.6 Å². The number of carboxylic acids is 1. The molecule has 4 N–H and O–H groups in total. The molecule has 7 nitrogen and oxygen atoms in total. The van der Waals surface area contributed by atoms with Gasteiger partial charge in [-0.2, -0.15) is 0 Å². The molecule has 0 aliphatic heterocycles. The van der Waals surface area contributed by atoms with Crippen molar-refractivity contribution in [3.63, 3.8) is 0 Å². The maximum absolute atomic E-state index is 10.7. The molecule has 0 amide bonds. The molecular formula is C9H8N5O2+. The molecule has 0 fully saturated rings. The Morgan fingerprint density at radius 3 is 3.12 bits per heavy atom. The molecule has 3 rings (SSSR count). The molecule has 7 heteroatoms. The summed E-state index contributed by atoms with van der Waals surface area (Å²) in [5.74, 6) is -1.14. The van der Waals surface area contributed by atoms with Crippen molar-refractivity contribution in [1.29, 1.82) is 0 Å². The first-order valence-corrected chi connectivity index (χ1v) is 4.60. The van der Waals surface area contributed by atoms with E-state index in [9.17, 15) is 4.79 Å². The molecule has 0 aromatic carbocycles. The van der Waals surface area contributed by atoms with E-state index in [0.717, 1.165) is 11.2 Å². The van der Waals surface area contributed by atoms with Gasteiger partial charge in [-0.3, -0.25) is 0 Å². The van der Waals surface area contributed by atoms with Crippen LogP contribution in [0.4, 0.5) is 0 Å². The Hall–Kier alpha value is -2.57. The van der Waals surface area contributed by atoms with E-state index in [0.29, 0.717) is 5.69 Å². The second-order valence-electron chi connectivity index (χ2n) is 3.32. The summed E-state index contributed by atoms with van der Waals surface area (Å²) in [7, 11) is 0. The van der Waals surface area contributed by atoms with Crippen LogP contribution >= 0.6 is 0 Å². The molecule has 16 heavy (non-hydrogen) atoms. The van der Waals surface area contributed by atoms with E-state index >= 15 is 0 Å². The lowest BCUT2D eigenvalue weighted by Gasteiger charge is -1.86.